The van der Waals surface area contributed by atoms with Gasteiger partial charge in [0.1, 0.15) is 11.6 Å². The van der Waals surface area contributed by atoms with Crippen LogP contribution in [-0.2, 0) is 19.5 Å². The summed E-state index contributed by atoms with van der Waals surface area (Å²) < 4.78 is 15.3. The second-order valence-electron chi connectivity index (χ2n) is 6.19. The largest absolute Gasteiger partial charge is 0.356 e. The quantitative estimate of drug-likeness (QED) is 0.301. The van der Waals surface area contributed by atoms with Crippen LogP contribution >= 0.6 is 24.0 Å². The molecule has 1 heterocycles. The fourth-order valence-corrected chi connectivity index (χ4v) is 2.83. The van der Waals surface area contributed by atoms with Gasteiger partial charge in [-0.15, -0.1) is 24.0 Å². The maximum Gasteiger partial charge on any atom is 0.191 e. The first kappa shape index (κ1) is 21.9. The van der Waals surface area contributed by atoms with Crippen molar-refractivity contribution in [2.75, 3.05) is 13.6 Å². The number of hydrogen-bond donors (Lipinski definition) is 2. The highest BCUT2D eigenvalue weighted by Crippen LogP contribution is 2.06. The van der Waals surface area contributed by atoms with Gasteiger partial charge in [-0.05, 0) is 29.7 Å². The highest BCUT2D eigenvalue weighted by molar-refractivity contribution is 14.0. The molecule has 0 unspecified atom stereocenters. The Morgan fingerprint density at radius 3 is 2.61 bits per heavy atom. The number of halogens is 2. The third kappa shape index (κ3) is 6.63. The van der Waals surface area contributed by atoms with E-state index in [-0.39, 0.29) is 29.8 Å². The Bertz CT molecular complexity index is 879. The number of aromatic nitrogens is 2. The molecule has 2 aromatic carbocycles. The van der Waals surface area contributed by atoms with E-state index in [1.807, 2.05) is 30.5 Å². The number of guanidine groups is 1. The molecule has 0 spiro atoms. The molecule has 2 N–H and O–H groups in total. The zero-order valence-electron chi connectivity index (χ0n) is 15.8. The summed E-state index contributed by atoms with van der Waals surface area (Å²) >= 11 is 0. The van der Waals surface area contributed by atoms with Crippen molar-refractivity contribution in [2.24, 2.45) is 4.99 Å². The zero-order valence-corrected chi connectivity index (χ0v) is 18.1. The van der Waals surface area contributed by atoms with Crippen molar-refractivity contribution < 1.29 is 4.39 Å². The number of imidazole rings is 1. The number of hydrogen-bond acceptors (Lipinski definition) is 2. The van der Waals surface area contributed by atoms with Crippen LogP contribution in [0.2, 0.25) is 0 Å². The predicted octanol–water partition coefficient (Wildman–Crippen LogP) is 3.60. The Morgan fingerprint density at radius 1 is 1.07 bits per heavy atom. The molecule has 3 aromatic rings. The van der Waals surface area contributed by atoms with Crippen molar-refractivity contribution in [2.45, 2.75) is 19.5 Å². The van der Waals surface area contributed by atoms with Crippen LogP contribution in [0.25, 0.3) is 0 Å². The molecule has 0 aliphatic heterocycles. The molecule has 7 heteroatoms. The van der Waals surface area contributed by atoms with Crippen LogP contribution in [0.15, 0.2) is 72.0 Å². The van der Waals surface area contributed by atoms with Crippen LogP contribution in [0.3, 0.4) is 0 Å². The highest BCUT2D eigenvalue weighted by atomic mass is 127. The van der Waals surface area contributed by atoms with E-state index in [9.17, 15) is 4.39 Å². The molecular formula is C21H25FIN5. The Morgan fingerprint density at radius 2 is 1.86 bits per heavy atom. The van der Waals surface area contributed by atoms with Crippen LogP contribution in [0.1, 0.15) is 17.0 Å². The SMILES string of the molecule is CN=C(NCCc1cccc(F)c1)NCc1nccn1Cc1ccccc1.I. The van der Waals surface area contributed by atoms with Gasteiger partial charge in [-0.1, -0.05) is 42.5 Å². The van der Waals surface area contributed by atoms with Gasteiger partial charge in [0.2, 0.25) is 0 Å². The van der Waals surface area contributed by atoms with Crippen molar-refractivity contribution in [1.82, 2.24) is 20.2 Å². The van der Waals surface area contributed by atoms with E-state index in [2.05, 4.69) is 37.3 Å². The van der Waals surface area contributed by atoms with E-state index in [0.717, 1.165) is 24.4 Å². The number of nitrogens with zero attached hydrogens (tertiary/aromatic N) is 3. The summed E-state index contributed by atoms with van der Waals surface area (Å²) in [5.41, 5.74) is 2.19. The van der Waals surface area contributed by atoms with E-state index in [1.54, 1.807) is 25.4 Å². The summed E-state index contributed by atoms with van der Waals surface area (Å²) in [4.78, 5) is 8.67. The summed E-state index contributed by atoms with van der Waals surface area (Å²) in [6, 6.07) is 16.9. The van der Waals surface area contributed by atoms with Gasteiger partial charge in [0.25, 0.3) is 0 Å². The molecule has 0 radical (unpaired) electrons. The third-order valence-corrected chi connectivity index (χ3v) is 4.23. The van der Waals surface area contributed by atoms with Crippen molar-refractivity contribution in [3.63, 3.8) is 0 Å². The lowest BCUT2D eigenvalue weighted by molar-refractivity contribution is 0.625. The van der Waals surface area contributed by atoms with Crippen LogP contribution in [-0.4, -0.2) is 29.1 Å². The van der Waals surface area contributed by atoms with Gasteiger partial charge in [-0.3, -0.25) is 4.99 Å². The van der Waals surface area contributed by atoms with E-state index in [0.29, 0.717) is 19.0 Å². The van der Waals surface area contributed by atoms with E-state index in [4.69, 9.17) is 0 Å². The Kier molecular flexibility index (Phi) is 8.93. The average molecular weight is 493 g/mol. The topological polar surface area (TPSA) is 54.2 Å². The van der Waals surface area contributed by atoms with Crippen molar-refractivity contribution in [3.8, 4) is 0 Å². The molecule has 0 saturated carbocycles. The summed E-state index contributed by atoms with van der Waals surface area (Å²) in [6.07, 6.45) is 4.51. The smallest absolute Gasteiger partial charge is 0.191 e. The van der Waals surface area contributed by atoms with Gasteiger partial charge in [0.05, 0.1) is 6.54 Å². The Labute approximate surface area is 182 Å². The lowest BCUT2D eigenvalue weighted by Gasteiger charge is -2.13. The predicted molar refractivity (Wildman–Crippen MR) is 121 cm³/mol. The number of nitrogens with one attached hydrogen (secondary N) is 2. The monoisotopic (exact) mass is 493 g/mol. The van der Waals surface area contributed by atoms with Gasteiger partial charge >= 0.3 is 0 Å². The van der Waals surface area contributed by atoms with E-state index in [1.165, 1.54) is 11.6 Å². The molecule has 0 aliphatic rings. The fraction of sp³-hybridized carbons (Fsp3) is 0.238. The molecule has 5 nitrogen and oxygen atoms in total. The first-order chi connectivity index (χ1) is 13.2. The van der Waals surface area contributed by atoms with Crippen LogP contribution in [0, 0.1) is 5.82 Å². The molecule has 0 atom stereocenters. The van der Waals surface area contributed by atoms with Crippen LogP contribution in [0.5, 0.6) is 0 Å². The molecular weight excluding hydrogens is 468 g/mol. The Balaban J connectivity index is 0.00000280. The summed E-state index contributed by atoms with van der Waals surface area (Å²) in [6.45, 7) is 2.02. The summed E-state index contributed by atoms with van der Waals surface area (Å²) in [7, 11) is 1.73. The van der Waals surface area contributed by atoms with Gasteiger partial charge in [-0.25, -0.2) is 9.37 Å². The van der Waals surface area contributed by atoms with Crippen molar-refractivity contribution >= 4 is 29.9 Å². The van der Waals surface area contributed by atoms with Gasteiger partial charge < -0.3 is 15.2 Å². The maximum atomic E-state index is 13.2. The molecule has 1 aromatic heterocycles. The Hall–Kier alpha value is -2.42. The van der Waals surface area contributed by atoms with Gasteiger partial charge in [0.15, 0.2) is 5.96 Å². The van der Waals surface area contributed by atoms with E-state index >= 15 is 0 Å². The second kappa shape index (κ2) is 11.4. The second-order valence-corrected chi connectivity index (χ2v) is 6.19. The molecule has 148 valence electrons. The maximum absolute atomic E-state index is 13.2. The highest BCUT2D eigenvalue weighted by Gasteiger charge is 2.05. The van der Waals surface area contributed by atoms with Crippen molar-refractivity contribution in [1.29, 1.82) is 0 Å². The molecule has 0 fully saturated rings. The van der Waals surface area contributed by atoms with Crippen molar-refractivity contribution in [3.05, 3.63) is 89.8 Å². The molecule has 28 heavy (non-hydrogen) atoms. The number of aliphatic imine (C=N–C) groups is 1. The third-order valence-electron chi connectivity index (χ3n) is 4.23. The average Bonchev–Trinajstić information content (AvgIpc) is 3.12. The normalized spacial score (nSPS) is 11.0. The standard InChI is InChI=1S/C21H24FN5.HI/c1-23-21(25-11-10-17-8-5-9-19(22)14-17)26-15-20-24-12-13-27(20)16-18-6-3-2-4-7-18;/h2-9,12-14H,10-11,15-16H2,1H3,(H2,23,25,26);1H. The molecule has 0 amide bonds. The minimum atomic E-state index is -0.208. The van der Waals surface area contributed by atoms with Gasteiger partial charge in [-0.2, -0.15) is 0 Å². The first-order valence-corrected chi connectivity index (χ1v) is 8.97. The van der Waals surface area contributed by atoms with Gasteiger partial charge in [0, 0.05) is 32.5 Å². The molecule has 3 rings (SSSR count). The van der Waals surface area contributed by atoms with Crippen LogP contribution < -0.4 is 10.6 Å². The molecule has 0 bridgehead atoms. The number of rotatable bonds is 7. The lowest BCUT2D eigenvalue weighted by Crippen LogP contribution is -2.38. The first-order valence-electron chi connectivity index (χ1n) is 8.97. The fourth-order valence-electron chi connectivity index (χ4n) is 2.83. The molecule has 0 saturated heterocycles. The lowest BCUT2D eigenvalue weighted by atomic mass is 10.1. The summed E-state index contributed by atoms with van der Waals surface area (Å²) in [5, 5.41) is 6.53. The minimum absolute atomic E-state index is 0. The molecule has 0 aliphatic carbocycles. The van der Waals surface area contributed by atoms with E-state index < -0.39 is 0 Å². The zero-order chi connectivity index (χ0) is 18.9. The number of benzene rings is 2. The van der Waals surface area contributed by atoms with Crippen LogP contribution in [0.4, 0.5) is 4.39 Å². The summed E-state index contributed by atoms with van der Waals surface area (Å²) in [5.74, 6) is 1.42. The minimum Gasteiger partial charge on any atom is -0.356 e.